The van der Waals surface area contributed by atoms with Crippen LogP contribution in [0.15, 0.2) is 12.1 Å². The first-order valence-corrected chi connectivity index (χ1v) is 3.67. The molecule has 1 N–H and O–H groups in total. The molecule has 0 aliphatic heterocycles. The number of nitrogens with zero attached hydrogens (tertiary/aromatic N) is 3. The Morgan fingerprint density at radius 1 is 0.875 bits per heavy atom. The fourth-order valence-corrected chi connectivity index (χ4v) is 0.991. The van der Waals surface area contributed by atoms with Gasteiger partial charge < -0.3 is 0 Å². The van der Waals surface area contributed by atoms with E-state index in [1.54, 1.807) is 0 Å². The molecule has 0 fully saturated rings. The summed E-state index contributed by atoms with van der Waals surface area (Å²) < 4.78 is 0. The van der Waals surface area contributed by atoms with Crippen LogP contribution in [0.25, 0.3) is 0 Å². The van der Waals surface area contributed by atoms with Gasteiger partial charge in [0, 0.05) is 0 Å². The van der Waals surface area contributed by atoms with Crippen LogP contribution in [0.2, 0.25) is 0 Å². The van der Waals surface area contributed by atoms with Crippen molar-refractivity contribution in [3.8, 4) is 0 Å². The van der Waals surface area contributed by atoms with Crippen molar-refractivity contribution >= 4 is 22.7 Å². The summed E-state index contributed by atoms with van der Waals surface area (Å²) in [6.07, 6.45) is 0. The Morgan fingerprint density at radius 2 is 1.25 bits per heavy atom. The molecule has 83 valence electrons. The van der Waals surface area contributed by atoms with Gasteiger partial charge >= 0.3 is 11.4 Å². The van der Waals surface area contributed by atoms with Crippen LogP contribution in [-0.4, -0.2) is 14.8 Å². The zero-order valence-electron chi connectivity index (χ0n) is 7.45. The SMILES string of the molecule is [NH]c1c([N+](=O)[O-])cc([N+](=O)[O-])cc1[N+](=O)[O-]. The second kappa shape index (κ2) is 3.76. The highest BCUT2D eigenvalue weighted by atomic mass is 16.6. The van der Waals surface area contributed by atoms with E-state index in [-0.39, 0.29) is 0 Å². The fraction of sp³-hybridized carbons (Fsp3) is 0. The maximum absolute atomic E-state index is 10.4. The molecule has 0 bridgehead atoms. The highest BCUT2D eigenvalue weighted by molar-refractivity contribution is 5.72. The van der Waals surface area contributed by atoms with Gasteiger partial charge in [0.15, 0.2) is 0 Å². The van der Waals surface area contributed by atoms with E-state index in [1.807, 2.05) is 0 Å². The normalized spacial score (nSPS) is 9.75. The van der Waals surface area contributed by atoms with Gasteiger partial charge in [-0.25, -0.2) is 0 Å². The largest absolute Gasteiger partial charge is 0.308 e. The first-order valence-electron chi connectivity index (χ1n) is 3.67. The van der Waals surface area contributed by atoms with Crippen LogP contribution in [0, 0.1) is 30.3 Å². The highest BCUT2D eigenvalue weighted by Gasteiger charge is 2.28. The van der Waals surface area contributed by atoms with Crippen molar-refractivity contribution in [2.75, 3.05) is 0 Å². The zero-order chi connectivity index (χ0) is 12.5. The monoisotopic (exact) mass is 227 g/mol. The van der Waals surface area contributed by atoms with Crippen LogP contribution in [0.4, 0.5) is 22.7 Å². The van der Waals surface area contributed by atoms with Gasteiger partial charge in [0.2, 0.25) is 5.69 Å². The van der Waals surface area contributed by atoms with Crippen LogP contribution in [0.5, 0.6) is 0 Å². The van der Waals surface area contributed by atoms with Crippen molar-refractivity contribution in [1.29, 1.82) is 0 Å². The maximum Gasteiger partial charge on any atom is 0.308 e. The van der Waals surface area contributed by atoms with Crippen molar-refractivity contribution in [2.24, 2.45) is 0 Å². The summed E-state index contributed by atoms with van der Waals surface area (Å²) >= 11 is 0. The average Bonchev–Trinajstić information content (AvgIpc) is 2.16. The molecule has 0 aromatic heterocycles. The van der Waals surface area contributed by atoms with E-state index in [9.17, 15) is 30.3 Å². The van der Waals surface area contributed by atoms with Gasteiger partial charge in [-0.15, -0.1) is 0 Å². The molecule has 10 nitrogen and oxygen atoms in total. The summed E-state index contributed by atoms with van der Waals surface area (Å²) in [7, 11) is 0. The van der Waals surface area contributed by atoms with E-state index in [4.69, 9.17) is 5.73 Å². The van der Waals surface area contributed by atoms with Crippen LogP contribution in [0.1, 0.15) is 0 Å². The molecule has 0 saturated heterocycles. The van der Waals surface area contributed by atoms with Crippen molar-refractivity contribution in [3.63, 3.8) is 0 Å². The quantitative estimate of drug-likeness (QED) is 0.560. The molecule has 1 rings (SSSR count). The third-order valence-electron chi connectivity index (χ3n) is 1.69. The maximum atomic E-state index is 10.4. The number of benzene rings is 1. The second-order valence-corrected chi connectivity index (χ2v) is 2.63. The van der Waals surface area contributed by atoms with Crippen LogP contribution in [0.3, 0.4) is 0 Å². The number of non-ortho nitro benzene ring substituents is 1. The molecule has 0 saturated carbocycles. The fourth-order valence-electron chi connectivity index (χ4n) is 0.991. The standard InChI is InChI=1S/C6H3N4O6/c7-6-4(9(13)14)1-3(8(11)12)2-5(6)10(15)16/h1-2,7H. The molecule has 0 aliphatic rings. The lowest BCUT2D eigenvalue weighted by Gasteiger charge is -1.98. The lowest BCUT2D eigenvalue weighted by molar-refractivity contribution is -0.402. The molecule has 16 heavy (non-hydrogen) atoms. The number of rotatable bonds is 3. The summed E-state index contributed by atoms with van der Waals surface area (Å²) in [6.45, 7) is 0. The predicted molar refractivity (Wildman–Crippen MR) is 49.2 cm³/mol. The molecule has 0 spiro atoms. The molecule has 0 unspecified atom stereocenters. The number of hydrogen-bond acceptors (Lipinski definition) is 6. The topological polar surface area (TPSA) is 153 Å². The summed E-state index contributed by atoms with van der Waals surface area (Å²) in [4.78, 5) is 28.0. The minimum Gasteiger partial charge on any atom is -0.288 e. The summed E-state index contributed by atoms with van der Waals surface area (Å²) in [5, 5.41) is 31.2. The van der Waals surface area contributed by atoms with Crippen LogP contribution >= 0.6 is 0 Å². The van der Waals surface area contributed by atoms with E-state index in [2.05, 4.69) is 0 Å². The lowest BCUT2D eigenvalue weighted by Crippen LogP contribution is -1.98. The first-order chi connectivity index (χ1) is 7.34. The average molecular weight is 227 g/mol. The lowest BCUT2D eigenvalue weighted by atomic mass is 10.2. The predicted octanol–water partition coefficient (Wildman–Crippen LogP) is 1.33. The molecular formula is C6H3N4O6. The minimum absolute atomic E-state index is 0.509. The Hall–Kier alpha value is -2.78. The van der Waals surface area contributed by atoms with Crippen molar-refractivity contribution in [3.05, 3.63) is 42.5 Å². The molecule has 0 aliphatic carbocycles. The molecule has 0 heterocycles. The molecule has 10 heteroatoms. The first kappa shape index (κ1) is 11.3. The molecule has 0 atom stereocenters. The van der Waals surface area contributed by atoms with E-state index in [0.29, 0.717) is 12.1 Å². The Morgan fingerprint density at radius 3 is 1.50 bits per heavy atom. The highest BCUT2D eigenvalue weighted by Crippen LogP contribution is 2.36. The molecule has 0 amide bonds. The van der Waals surface area contributed by atoms with E-state index < -0.39 is 37.5 Å². The molecule has 1 aromatic carbocycles. The third-order valence-corrected chi connectivity index (χ3v) is 1.69. The van der Waals surface area contributed by atoms with Gasteiger partial charge in [-0.1, -0.05) is 0 Å². The second-order valence-electron chi connectivity index (χ2n) is 2.63. The summed E-state index contributed by atoms with van der Waals surface area (Å²) in [5.41, 5.74) is 3.44. The zero-order valence-corrected chi connectivity index (χ0v) is 7.45. The number of nitrogens with one attached hydrogen (secondary N) is 1. The van der Waals surface area contributed by atoms with Crippen LogP contribution < -0.4 is 5.73 Å². The van der Waals surface area contributed by atoms with E-state index in [0.717, 1.165) is 0 Å². The molecular weight excluding hydrogens is 224 g/mol. The van der Waals surface area contributed by atoms with Gasteiger partial charge in [-0.05, 0) is 0 Å². The Kier molecular flexibility index (Phi) is 2.66. The smallest absolute Gasteiger partial charge is 0.288 e. The third kappa shape index (κ3) is 1.84. The summed E-state index contributed by atoms with van der Waals surface area (Å²) in [6, 6.07) is 1.02. The van der Waals surface area contributed by atoms with E-state index in [1.165, 1.54) is 0 Å². The van der Waals surface area contributed by atoms with Crippen molar-refractivity contribution in [2.45, 2.75) is 0 Å². The van der Waals surface area contributed by atoms with Crippen LogP contribution in [-0.2, 0) is 0 Å². The Bertz CT molecular complexity index is 463. The molecule has 1 aromatic rings. The van der Waals surface area contributed by atoms with Gasteiger partial charge in [-0.3, -0.25) is 36.1 Å². The molecule has 1 radical (unpaired) electrons. The Balaban J connectivity index is 3.57. The van der Waals surface area contributed by atoms with Gasteiger partial charge in [0.1, 0.15) is 0 Å². The minimum atomic E-state index is -1.08. The van der Waals surface area contributed by atoms with Gasteiger partial charge in [0.25, 0.3) is 5.69 Å². The van der Waals surface area contributed by atoms with Gasteiger partial charge in [0.05, 0.1) is 26.9 Å². The van der Waals surface area contributed by atoms with Crippen molar-refractivity contribution in [1.82, 2.24) is 5.73 Å². The number of nitro groups is 3. The Labute approximate surface area is 86.7 Å². The van der Waals surface area contributed by atoms with E-state index >= 15 is 0 Å². The van der Waals surface area contributed by atoms with Crippen molar-refractivity contribution < 1.29 is 14.8 Å². The summed E-state index contributed by atoms with van der Waals surface area (Å²) in [5.74, 6) is 0. The van der Waals surface area contributed by atoms with Gasteiger partial charge in [-0.2, -0.15) is 0 Å². The number of hydrogen-bond donors (Lipinski definition) is 0. The number of nitro benzene ring substituents is 3.